The molecule has 0 spiro atoms. The van der Waals surface area contributed by atoms with E-state index in [0.29, 0.717) is 28.9 Å². The zero-order chi connectivity index (χ0) is 15.2. The van der Waals surface area contributed by atoms with Gasteiger partial charge in [-0.3, -0.25) is 0 Å². The number of benzene rings is 1. The number of hydrogen-bond acceptors (Lipinski definition) is 6. The molecule has 0 aliphatic rings. The minimum absolute atomic E-state index is 0.188. The monoisotopic (exact) mass is 308 g/mol. The second-order valence-electron chi connectivity index (χ2n) is 4.29. The maximum Gasteiger partial charge on any atom is 0.222 e. The molecule has 112 valence electrons. The lowest BCUT2D eigenvalue weighted by Crippen LogP contribution is -2.08. The molecule has 21 heavy (non-hydrogen) atoms. The van der Waals surface area contributed by atoms with E-state index in [0.717, 1.165) is 12.0 Å². The molecule has 0 fully saturated rings. The lowest BCUT2D eigenvalue weighted by atomic mass is 10.1. The molecule has 3 N–H and O–H groups in total. The number of rotatable bonds is 6. The van der Waals surface area contributed by atoms with Gasteiger partial charge in [-0.25, -0.2) is 4.98 Å². The van der Waals surface area contributed by atoms with E-state index in [-0.39, 0.29) is 5.95 Å². The second kappa shape index (κ2) is 6.99. The summed E-state index contributed by atoms with van der Waals surface area (Å²) in [5.74, 6) is 2.14. The molecule has 0 saturated carbocycles. The van der Waals surface area contributed by atoms with Crippen LogP contribution in [0, 0.1) is 0 Å². The van der Waals surface area contributed by atoms with Crippen molar-refractivity contribution in [3.63, 3.8) is 0 Å². The smallest absolute Gasteiger partial charge is 0.222 e. The largest absolute Gasteiger partial charge is 0.493 e. The molecule has 0 amide bonds. The van der Waals surface area contributed by atoms with Crippen molar-refractivity contribution in [3.05, 3.63) is 35.0 Å². The quantitative estimate of drug-likeness (QED) is 0.852. The average molecular weight is 309 g/mol. The van der Waals surface area contributed by atoms with Gasteiger partial charge in [0.05, 0.1) is 20.4 Å². The molecule has 6 nitrogen and oxygen atoms in total. The topological polar surface area (TPSA) is 82.3 Å². The molecular formula is C14H17ClN4O2. The Labute approximate surface area is 128 Å². The molecule has 1 aromatic carbocycles. The van der Waals surface area contributed by atoms with Crippen LogP contribution in [0.1, 0.15) is 5.56 Å². The first kappa shape index (κ1) is 15.2. The Morgan fingerprint density at radius 3 is 2.71 bits per heavy atom. The summed E-state index contributed by atoms with van der Waals surface area (Å²) in [6.07, 6.45) is 2.25. The predicted octanol–water partition coefficient (Wildman–Crippen LogP) is 2.38. The van der Waals surface area contributed by atoms with E-state index in [1.165, 1.54) is 6.20 Å². The van der Waals surface area contributed by atoms with Gasteiger partial charge in [-0.15, -0.1) is 0 Å². The lowest BCUT2D eigenvalue weighted by Gasteiger charge is -2.10. The van der Waals surface area contributed by atoms with Crippen LogP contribution in [0.3, 0.4) is 0 Å². The highest BCUT2D eigenvalue weighted by molar-refractivity contribution is 6.32. The molecule has 0 atom stereocenters. The minimum Gasteiger partial charge on any atom is -0.493 e. The van der Waals surface area contributed by atoms with E-state index in [1.54, 1.807) is 14.2 Å². The zero-order valence-corrected chi connectivity index (χ0v) is 12.6. The van der Waals surface area contributed by atoms with Crippen molar-refractivity contribution in [2.75, 3.05) is 31.8 Å². The number of hydrogen-bond donors (Lipinski definition) is 2. The Morgan fingerprint density at radius 2 is 2.00 bits per heavy atom. The van der Waals surface area contributed by atoms with Crippen molar-refractivity contribution in [2.45, 2.75) is 6.42 Å². The number of halogens is 1. The second-order valence-corrected chi connectivity index (χ2v) is 4.70. The van der Waals surface area contributed by atoms with E-state index in [1.807, 2.05) is 18.2 Å². The third-order valence-electron chi connectivity index (χ3n) is 2.92. The number of anilines is 2. The number of nitrogens with one attached hydrogen (secondary N) is 1. The summed E-state index contributed by atoms with van der Waals surface area (Å²) in [4.78, 5) is 7.86. The van der Waals surface area contributed by atoms with Crippen molar-refractivity contribution in [2.24, 2.45) is 0 Å². The van der Waals surface area contributed by atoms with Gasteiger partial charge in [0.15, 0.2) is 11.5 Å². The van der Waals surface area contributed by atoms with E-state index in [2.05, 4.69) is 15.3 Å². The van der Waals surface area contributed by atoms with Gasteiger partial charge in [-0.1, -0.05) is 17.7 Å². The van der Waals surface area contributed by atoms with Gasteiger partial charge in [-0.05, 0) is 24.1 Å². The fourth-order valence-electron chi connectivity index (χ4n) is 1.87. The summed E-state index contributed by atoms with van der Waals surface area (Å²) in [5.41, 5.74) is 6.64. The Hall–Kier alpha value is -2.21. The minimum atomic E-state index is 0.188. The zero-order valence-electron chi connectivity index (χ0n) is 11.9. The molecule has 0 aliphatic heterocycles. The van der Waals surface area contributed by atoms with Crippen molar-refractivity contribution >= 4 is 23.4 Å². The summed E-state index contributed by atoms with van der Waals surface area (Å²) >= 11 is 5.99. The van der Waals surface area contributed by atoms with Gasteiger partial charge >= 0.3 is 0 Å². The van der Waals surface area contributed by atoms with Crippen LogP contribution in [0.2, 0.25) is 5.02 Å². The van der Waals surface area contributed by atoms with E-state index in [9.17, 15) is 0 Å². The molecule has 0 unspecified atom stereocenters. The molecule has 0 radical (unpaired) electrons. The van der Waals surface area contributed by atoms with Gasteiger partial charge in [0.25, 0.3) is 0 Å². The SMILES string of the molecule is COc1ccc(CCNc2nc(N)ncc2Cl)cc1OC. The van der Waals surface area contributed by atoms with Crippen molar-refractivity contribution < 1.29 is 9.47 Å². The fourth-order valence-corrected chi connectivity index (χ4v) is 2.02. The number of aromatic nitrogens is 2. The maximum atomic E-state index is 5.99. The first-order valence-electron chi connectivity index (χ1n) is 6.37. The summed E-state index contributed by atoms with van der Waals surface area (Å²) in [5, 5.41) is 3.57. The first-order valence-corrected chi connectivity index (χ1v) is 6.74. The van der Waals surface area contributed by atoms with Gasteiger partial charge in [0.1, 0.15) is 10.8 Å². The van der Waals surface area contributed by atoms with E-state index < -0.39 is 0 Å². The number of methoxy groups -OCH3 is 2. The standard InChI is InChI=1S/C14H17ClN4O2/c1-20-11-4-3-9(7-12(11)21-2)5-6-17-13-10(15)8-18-14(16)19-13/h3-4,7-8H,5-6H2,1-2H3,(H3,16,17,18,19). The van der Waals surface area contributed by atoms with Crippen LogP contribution in [-0.4, -0.2) is 30.7 Å². The Morgan fingerprint density at radius 1 is 1.24 bits per heavy atom. The predicted molar refractivity (Wildman–Crippen MR) is 83.2 cm³/mol. The van der Waals surface area contributed by atoms with E-state index >= 15 is 0 Å². The lowest BCUT2D eigenvalue weighted by molar-refractivity contribution is 0.354. The van der Waals surface area contributed by atoms with Crippen LogP contribution in [0.25, 0.3) is 0 Å². The van der Waals surface area contributed by atoms with Crippen molar-refractivity contribution in [1.82, 2.24) is 9.97 Å². The van der Waals surface area contributed by atoms with Crippen LogP contribution < -0.4 is 20.5 Å². The molecule has 2 rings (SSSR count). The maximum absolute atomic E-state index is 5.99. The molecule has 0 saturated heterocycles. The first-order chi connectivity index (χ1) is 10.1. The third-order valence-corrected chi connectivity index (χ3v) is 3.19. The number of nitrogen functional groups attached to an aromatic ring is 1. The summed E-state index contributed by atoms with van der Waals surface area (Å²) in [6, 6.07) is 5.80. The van der Waals surface area contributed by atoms with Crippen LogP contribution >= 0.6 is 11.6 Å². The van der Waals surface area contributed by atoms with Crippen LogP contribution in [-0.2, 0) is 6.42 Å². The molecule has 7 heteroatoms. The van der Waals surface area contributed by atoms with Crippen LogP contribution in [0.5, 0.6) is 11.5 Å². The fraction of sp³-hybridized carbons (Fsp3) is 0.286. The molecule has 0 bridgehead atoms. The van der Waals surface area contributed by atoms with E-state index in [4.69, 9.17) is 26.8 Å². The summed E-state index contributed by atoms with van der Waals surface area (Å²) in [6.45, 7) is 0.658. The summed E-state index contributed by atoms with van der Waals surface area (Å²) in [7, 11) is 3.23. The number of nitrogens with zero attached hydrogens (tertiary/aromatic N) is 2. The van der Waals surface area contributed by atoms with Gasteiger partial charge < -0.3 is 20.5 Å². The van der Waals surface area contributed by atoms with Gasteiger partial charge in [0, 0.05) is 6.54 Å². The molecular weight excluding hydrogens is 292 g/mol. The van der Waals surface area contributed by atoms with Crippen LogP contribution in [0.15, 0.2) is 24.4 Å². The van der Waals surface area contributed by atoms with Crippen LogP contribution in [0.4, 0.5) is 11.8 Å². The molecule has 1 heterocycles. The average Bonchev–Trinajstić information content (AvgIpc) is 2.50. The third kappa shape index (κ3) is 3.88. The summed E-state index contributed by atoms with van der Waals surface area (Å²) < 4.78 is 10.5. The van der Waals surface area contributed by atoms with Gasteiger partial charge in [-0.2, -0.15) is 4.98 Å². The molecule has 0 aliphatic carbocycles. The Kier molecular flexibility index (Phi) is 5.05. The highest BCUT2D eigenvalue weighted by atomic mass is 35.5. The van der Waals surface area contributed by atoms with Crippen molar-refractivity contribution in [1.29, 1.82) is 0 Å². The normalized spacial score (nSPS) is 10.2. The Balaban J connectivity index is 1.98. The number of ether oxygens (including phenoxy) is 2. The van der Waals surface area contributed by atoms with Crippen molar-refractivity contribution in [3.8, 4) is 11.5 Å². The highest BCUT2D eigenvalue weighted by Crippen LogP contribution is 2.27. The molecule has 1 aromatic heterocycles. The van der Waals surface area contributed by atoms with Gasteiger partial charge in [0.2, 0.25) is 5.95 Å². The number of nitrogens with two attached hydrogens (primary N) is 1. The highest BCUT2D eigenvalue weighted by Gasteiger charge is 2.06. The molecule has 2 aromatic rings. The Bertz CT molecular complexity index is 622.